The molecule has 75 valence electrons. The second-order valence-electron chi connectivity index (χ2n) is 3.64. The molecule has 0 saturated heterocycles. The van der Waals surface area contributed by atoms with Crippen molar-refractivity contribution in [2.45, 2.75) is 32.8 Å². The molecule has 0 N–H and O–H groups in total. The van der Waals surface area contributed by atoms with Crippen molar-refractivity contribution in [1.82, 2.24) is 0 Å². The minimum absolute atomic E-state index is 0.546. The fourth-order valence-corrected chi connectivity index (χ4v) is 1.33. The Morgan fingerprint density at radius 2 is 1.93 bits per heavy atom. The first-order valence-corrected chi connectivity index (χ1v) is 4.74. The van der Waals surface area contributed by atoms with Crippen LogP contribution in [-0.2, 0) is 15.1 Å². The van der Waals surface area contributed by atoms with Gasteiger partial charge in [-0.3, -0.25) is 0 Å². The molecular weight excluding hydrogens is 176 g/mol. The van der Waals surface area contributed by atoms with E-state index < -0.39 is 5.60 Å². The molecule has 1 rings (SSSR count). The number of hydrogen-bond donors (Lipinski definition) is 0. The number of aryl methyl sites for hydroxylation is 1. The van der Waals surface area contributed by atoms with Crippen LogP contribution in [0.2, 0.25) is 0 Å². The SMILES string of the molecule is CCC(C)(O[C]=O)c1ccc(C)cc1. The summed E-state index contributed by atoms with van der Waals surface area (Å²) >= 11 is 0. The van der Waals surface area contributed by atoms with E-state index in [0.29, 0.717) is 0 Å². The third-order valence-electron chi connectivity index (χ3n) is 2.60. The van der Waals surface area contributed by atoms with Crippen molar-refractivity contribution in [2.24, 2.45) is 0 Å². The summed E-state index contributed by atoms with van der Waals surface area (Å²) in [6.45, 7) is 7.42. The monoisotopic (exact) mass is 191 g/mol. The van der Waals surface area contributed by atoms with E-state index in [2.05, 4.69) is 0 Å². The number of carbonyl (C=O) groups excluding carboxylic acids is 1. The Bertz CT molecular complexity index is 303. The fraction of sp³-hybridized carbons (Fsp3) is 0.417. The molecule has 1 radical (unpaired) electrons. The van der Waals surface area contributed by atoms with Crippen LogP contribution in [0.4, 0.5) is 0 Å². The maximum absolute atomic E-state index is 10.3. The zero-order valence-electron chi connectivity index (χ0n) is 8.83. The zero-order chi connectivity index (χ0) is 10.6. The largest absolute Gasteiger partial charge is 0.446 e. The summed E-state index contributed by atoms with van der Waals surface area (Å²) < 4.78 is 5.00. The van der Waals surface area contributed by atoms with Gasteiger partial charge < -0.3 is 4.74 Å². The molecule has 1 aromatic carbocycles. The van der Waals surface area contributed by atoms with Gasteiger partial charge in [0.1, 0.15) is 5.60 Å². The maximum atomic E-state index is 10.3. The Morgan fingerprint density at radius 1 is 1.36 bits per heavy atom. The Labute approximate surface area is 84.9 Å². The molecule has 0 aromatic heterocycles. The Balaban J connectivity index is 2.99. The lowest BCUT2D eigenvalue weighted by atomic mass is 9.92. The highest BCUT2D eigenvalue weighted by atomic mass is 16.5. The first-order valence-electron chi connectivity index (χ1n) is 4.74. The van der Waals surface area contributed by atoms with E-state index >= 15 is 0 Å². The van der Waals surface area contributed by atoms with Gasteiger partial charge in [-0.2, -0.15) is 0 Å². The lowest BCUT2D eigenvalue weighted by molar-refractivity contribution is 0.0635. The molecule has 14 heavy (non-hydrogen) atoms. The summed E-state index contributed by atoms with van der Waals surface area (Å²) in [5.74, 6) is 0. The second kappa shape index (κ2) is 4.27. The van der Waals surface area contributed by atoms with Crippen LogP contribution >= 0.6 is 0 Å². The Hall–Kier alpha value is -1.31. The molecule has 1 unspecified atom stereocenters. The van der Waals surface area contributed by atoms with Crippen LogP contribution in [0.15, 0.2) is 24.3 Å². The predicted molar refractivity (Wildman–Crippen MR) is 55.6 cm³/mol. The quantitative estimate of drug-likeness (QED) is 0.731. The summed E-state index contributed by atoms with van der Waals surface area (Å²) in [6.07, 6.45) is 0.741. The lowest BCUT2D eigenvalue weighted by Crippen LogP contribution is -2.24. The molecule has 0 heterocycles. The molecule has 2 nitrogen and oxygen atoms in total. The van der Waals surface area contributed by atoms with E-state index in [4.69, 9.17) is 4.74 Å². The summed E-state index contributed by atoms with van der Waals surface area (Å²) in [6, 6.07) is 7.99. The highest BCUT2D eigenvalue weighted by Crippen LogP contribution is 2.28. The van der Waals surface area contributed by atoms with Crippen molar-refractivity contribution in [1.29, 1.82) is 0 Å². The summed E-state index contributed by atoms with van der Waals surface area (Å²) in [5, 5.41) is 0. The molecule has 0 bridgehead atoms. The number of ether oxygens (including phenoxy) is 1. The van der Waals surface area contributed by atoms with E-state index in [0.717, 1.165) is 12.0 Å². The zero-order valence-corrected chi connectivity index (χ0v) is 8.83. The fourth-order valence-electron chi connectivity index (χ4n) is 1.33. The summed E-state index contributed by atoms with van der Waals surface area (Å²) in [5.41, 5.74) is 1.66. The molecule has 0 amide bonds. The van der Waals surface area contributed by atoms with E-state index in [1.165, 1.54) is 12.0 Å². The van der Waals surface area contributed by atoms with Gasteiger partial charge in [0.05, 0.1) is 0 Å². The van der Waals surface area contributed by atoms with Crippen LogP contribution in [0, 0.1) is 6.92 Å². The average Bonchev–Trinajstić information content (AvgIpc) is 2.19. The standard InChI is InChI=1S/C12H15O2/c1-4-12(3,14-9-13)11-7-5-10(2)6-8-11/h5-8H,4H2,1-3H3. The van der Waals surface area contributed by atoms with Crippen LogP contribution < -0.4 is 0 Å². The lowest BCUT2D eigenvalue weighted by Gasteiger charge is -2.26. The first-order chi connectivity index (χ1) is 6.62. The van der Waals surface area contributed by atoms with Crippen molar-refractivity contribution < 1.29 is 9.53 Å². The van der Waals surface area contributed by atoms with E-state index in [1.54, 1.807) is 0 Å². The second-order valence-corrected chi connectivity index (χ2v) is 3.64. The first kappa shape index (κ1) is 10.8. The molecule has 0 spiro atoms. The van der Waals surface area contributed by atoms with Gasteiger partial charge in [0.25, 0.3) is 0 Å². The van der Waals surface area contributed by atoms with Gasteiger partial charge in [-0.25, -0.2) is 4.79 Å². The van der Waals surface area contributed by atoms with Gasteiger partial charge in [0.2, 0.25) is 0 Å². The highest BCUT2D eigenvalue weighted by molar-refractivity contribution is 5.41. The molecule has 2 heteroatoms. The number of hydrogen-bond acceptors (Lipinski definition) is 2. The third-order valence-corrected chi connectivity index (χ3v) is 2.60. The Morgan fingerprint density at radius 3 is 2.36 bits per heavy atom. The molecule has 1 atom stereocenters. The normalized spacial score (nSPS) is 14.5. The molecule has 0 aliphatic carbocycles. The van der Waals surface area contributed by atoms with Crippen LogP contribution in [-0.4, -0.2) is 6.47 Å². The van der Waals surface area contributed by atoms with Gasteiger partial charge in [0, 0.05) is 0 Å². The molecule has 0 aliphatic heterocycles. The average molecular weight is 191 g/mol. The number of rotatable bonds is 4. The predicted octanol–water partition coefficient (Wildman–Crippen LogP) is 2.70. The van der Waals surface area contributed by atoms with Gasteiger partial charge in [-0.1, -0.05) is 36.8 Å². The smallest absolute Gasteiger partial charge is 0.418 e. The molecular formula is C12H15O2. The molecule has 1 aromatic rings. The van der Waals surface area contributed by atoms with Gasteiger partial charge in [-0.15, -0.1) is 0 Å². The minimum Gasteiger partial charge on any atom is -0.446 e. The molecule has 0 fully saturated rings. The molecule has 0 saturated carbocycles. The van der Waals surface area contributed by atoms with Crippen LogP contribution in [0.25, 0.3) is 0 Å². The van der Waals surface area contributed by atoms with Crippen LogP contribution in [0.3, 0.4) is 0 Å². The minimum atomic E-state index is -0.546. The van der Waals surface area contributed by atoms with Crippen molar-refractivity contribution >= 4 is 6.47 Å². The molecule has 0 aliphatic rings. The van der Waals surface area contributed by atoms with Crippen molar-refractivity contribution in [2.75, 3.05) is 0 Å². The van der Waals surface area contributed by atoms with Crippen LogP contribution in [0.5, 0.6) is 0 Å². The number of benzene rings is 1. The van der Waals surface area contributed by atoms with E-state index in [-0.39, 0.29) is 0 Å². The Kier molecular flexibility index (Phi) is 3.28. The topological polar surface area (TPSA) is 26.3 Å². The maximum Gasteiger partial charge on any atom is 0.418 e. The van der Waals surface area contributed by atoms with Gasteiger partial charge in [0.15, 0.2) is 0 Å². The van der Waals surface area contributed by atoms with E-state index in [9.17, 15) is 4.79 Å². The van der Waals surface area contributed by atoms with Gasteiger partial charge in [-0.05, 0) is 25.8 Å². The van der Waals surface area contributed by atoms with E-state index in [1.807, 2.05) is 45.0 Å². The third kappa shape index (κ3) is 2.13. The van der Waals surface area contributed by atoms with Crippen molar-refractivity contribution in [3.8, 4) is 0 Å². The van der Waals surface area contributed by atoms with Crippen molar-refractivity contribution in [3.63, 3.8) is 0 Å². The van der Waals surface area contributed by atoms with Crippen LogP contribution in [0.1, 0.15) is 31.4 Å². The van der Waals surface area contributed by atoms with Gasteiger partial charge >= 0.3 is 6.47 Å². The summed E-state index contributed by atoms with van der Waals surface area (Å²) in [4.78, 5) is 10.3. The van der Waals surface area contributed by atoms with Crippen molar-refractivity contribution in [3.05, 3.63) is 35.4 Å². The highest BCUT2D eigenvalue weighted by Gasteiger charge is 2.25. The summed E-state index contributed by atoms with van der Waals surface area (Å²) in [7, 11) is 0.